The van der Waals surface area contributed by atoms with Gasteiger partial charge in [-0.25, -0.2) is 0 Å². The molecule has 1 aromatic carbocycles. The number of rotatable bonds is 6. The fraction of sp³-hybridized carbons (Fsp3) is 0.318. The number of nitrogens with zero attached hydrogens (tertiary/aromatic N) is 2. The van der Waals surface area contributed by atoms with Gasteiger partial charge in [0, 0.05) is 19.5 Å². The van der Waals surface area contributed by atoms with Crippen LogP contribution >= 0.6 is 0 Å². The van der Waals surface area contributed by atoms with Gasteiger partial charge in [-0.15, -0.1) is 0 Å². The SMILES string of the molecule is CNC(=O)c1nn(CC(CC2=CCCC=C2)c2cccc(C(F)(F)F)c2)cc(O)c1=O. The third-order valence-corrected chi connectivity index (χ3v) is 5.04. The van der Waals surface area contributed by atoms with Gasteiger partial charge in [-0.1, -0.05) is 42.0 Å². The monoisotopic (exact) mass is 433 g/mol. The van der Waals surface area contributed by atoms with Gasteiger partial charge in [-0.2, -0.15) is 18.3 Å². The molecule has 1 aromatic heterocycles. The lowest BCUT2D eigenvalue weighted by molar-refractivity contribution is -0.137. The summed E-state index contributed by atoms with van der Waals surface area (Å²) in [4.78, 5) is 23.9. The van der Waals surface area contributed by atoms with Crippen molar-refractivity contribution >= 4 is 5.91 Å². The quantitative estimate of drug-likeness (QED) is 0.726. The van der Waals surface area contributed by atoms with Crippen molar-refractivity contribution in [1.29, 1.82) is 0 Å². The van der Waals surface area contributed by atoms with Gasteiger partial charge < -0.3 is 10.4 Å². The van der Waals surface area contributed by atoms with Crippen LogP contribution in [-0.2, 0) is 12.7 Å². The highest BCUT2D eigenvalue weighted by Gasteiger charge is 2.31. The lowest BCUT2D eigenvalue weighted by Gasteiger charge is -2.21. The fourth-order valence-electron chi connectivity index (χ4n) is 3.47. The summed E-state index contributed by atoms with van der Waals surface area (Å²) in [6.07, 6.45) is 4.77. The van der Waals surface area contributed by atoms with Crippen molar-refractivity contribution in [3.63, 3.8) is 0 Å². The van der Waals surface area contributed by atoms with Gasteiger partial charge in [-0.05, 0) is 30.9 Å². The number of carbonyl (C=O) groups is 1. The molecule has 1 heterocycles. The number of allylic oxidation sites excluding steroid dienone is 4. The molecule has 3 rings (SSSR count). The Morgan fingerprint density at radius 1 is 1.32 bits per heavy atom. The van der Waals surface area contributed by atoms with Crippen LogP contribution in [0.3, 0.4) is 0 Å². The topological polar surface area (TPSA) is 84.2 Å². The number of alkyl halides is 3. The molecule has 0 radical (unpaired) electrons. The summed E-state index contributed by atoms with van der Waals surface area (Å²) in [5.41, 5.74) is -0.738. The molecule has 31 heavy (non-hydrogen) atoms. The molecule has 1 aliphatic rings. The normalized spacial score (nSPS) is 14.8. The van der Waals surface area contributed by atoms with E-state index in [9.17, 15) is 27.9 Å². The molecule has 2 N–H and O–H groups in total. The molecule has 0 bridgehead atoms. The molecule has 0 saturated carbocycles. The largest absolute Gasteiger partial charge is 0.503 e. The molecule has 0 fully saturated rings. The highest BCUT2D eigenvalue weighted by atomic mass is 19.4. The number of benzene rings is 1. The first-order chi connectivity index (χ1) is 14.7. The summed E-state index contributed by atoms with van der Waals surface area (Å²) in [6, 6.07) is 5.06. The minimum atomic E-state index is -4.48. The fourth-order valence-corrected chi connectivity index (χ4v) is 3.47. The third-order valence-electron chi connectivity index (χ3n) is 5.04. The first kappa shape index (κ1) is 22.3. The summed E-state index contributed by atoms with van der Waals surface area (Å²) in [5.74, 6) is -1.86. The highest BCUT2D eigenvalue weighted by Crippen LogP contribution is 2.34. The molecule has 0 spiro atoms. The van der Waals surface area contributed by atoms with E-state index in [-0.39, 0.29) is 6.54 Å². The Balaban J connectivity index is 2.01. The van der Waals surface area contributed by atoms with Crippen LogP contribution in [-0.4, -0.2) is 27.8 Å². The van der Waals surface area contributed by atoms with Crippen molar-refractivity contribution < 1.29 is 23.1 Å². The van der Waals surface area contributed by atoms with Crippen LogP contribution in [0.25, 0.3) is 0 Å². The number of hydrogen-bond acceptors (Lipinski definition) is 4. The Morgan fingerprint density at radius 2 is 2.10 bits per heavy atom. The van der Waals surface area contributed by atoms with Gasteiger partial charge in [-0.3, -0.25) is 14.3 Å². The summed E-state index contributed by atoms with van der Waals surface area (Å²) in [7, 11) is 1.32. The van der Waals surface area contributed by atoms with Gasteiger partial charge in [0.05, 0.1) is 11.8 Å². The maximum absolute atomic E-state index is 13.2. The smallest absolute Gasteiger partial charge is 0.416 e. The molecule has 0 saturated heterocycles. The number of hydrogen-bond donors (Lipinski definition) is 2. The number of aromatic nitrogens is 2. The lowest BCUT2D eigenvalue weighted by Crippen LogP contribution is -2.29. The molecule has 164 valence electrons. The zero-order valence-electron chi connectivity index (χ0n) is 16.8. The molecular weight excluding hydrogens is 411 g/mol. The van der Waals surface area contributed by atoms with Crippen molar-refractivity contribution in [3.8, 4) is 5.75 Å². The van der Waals surface area contributed by atoms with Gasteiger partial charge in [0.2, 0.25) is 0 Å². The molecule has 1 amide bonds. The predicted molar refractivity (Wildman–Crippen MR) is 109 cm³/mol. The molecule has 9 heteroatoms. The number of nitrogens with one attached hydrogen (secondary N) is 1. The second kappa shape index (κ2) is 9.20. The van der Waals surface area contributed by atoms with E-state index in [0.717, 1.165) is 36.7 Å². The number of carbonyl (C=O) groups excluding carboxylic acids is 1. The molecular formula is C22H22F3N3O3. The maximum Gasteiger partial charge on any atom is 0.416 e. The van der Waals surface area contributed by atoms with Crippen LogP contribution in [0.15, 0.2) is 59.1 Å². The van der Waals surface area contributed by atoms with Gasteiger partial charge in [0.1, 0.15) is 0 Å². The standard InChI is InChI=1S/C22H22F3N3O3/c1-26-21(31)19-20(30)18(29)13-28(27-19)12-16(10-14-6-3-2-4-7-14)15-8-5-9-17(11-15)22(23,24)25/h3,5-9,11,13,16,29H,2,4,10,12H2,1H3,(H,26,31). The summed E-state index contributed by atoms with van der Waals surface area (Å²) >= 11 is 0. The van der Waals surface area contributed by atoms with Crippen LogP contribution in [0.4, 0.5) is 13.2 Å². The van der Waals surface area contributed by atoms with Crippen molar-refractivity contribution in [2.45, 2.75) is 37.9 Å². The minimum absolute atomic E-state index is 0.0598. The van der Waals surface area contributed by atoms with Crippen molar-refractivity contribution in [2.24, 2.45) is 0 Å². The van der Waals surface area contributed by atoms with Crippen molar-refractivity contribution in [2.75, 3.05) is 7.05 Å². The highest BCUT2D eigenvalue weighted by molar-refractivity contribution is 5.92. The average Bonchev–Trinajstić information content (AvgIpc) is 2.75. The van der Waals surface area contributed by atoms with Crippen LogP contribution in [0.5, 0.6) is 5.75 Å². The van der Waals surface area contributed by atoms with Gasteiger partial charge >= 0.3 is 6.18 Å². The Morgan fingerprint density at radius 3 is 2.74 bits per heavy atom. The maximum atomic E-state index is 13.2. The van der Waals surface area contributed by atoms with Crippen molar-refractivity contribution in [3.05, 3.63) is 81.3 Å². The molecule has 6 nitrogen and oxygen atoms in total. The number of halogens is 3. The molecule has 1 atom stereocenters. The Kier molecular flexibility index (Phi) is 6.62. The van der Waals surface area contributed by atoms with Gasteiger partial charge in [0.15, 0.2) is 11.4 Å². The lowest BCUT2D eigenvalue weighted by atomic mass is 9.89. The number of aromatic hydroxyl groups is 1. The molecule has 1 unspecified atom stereocenters. The molecule has 2 aromatic rings. The van der Waals surface area contributed by atoms with Crippen molar-refractivity contribution in [1.82, 2.24) is 15.1 Å². The first-order valence-corrected chi connectivity index (χ1v) is 9.74. The summed E-state index contributed by atoms with van der Waals surface area (Å²) in [6.45, 7) is 0.0598. The second-order valence-corrected chi connectivity index (χ2v) is 7.28. The van der Waals surface area contributed by atoms with Crippen LogP contribution < -0.4 is 10.7 Å². The van der Waals surface area contributed by atoms with E-state index in [1.165, 1.54) is 17.8 Å². The minimum Gasteiger partial charge on any atom is -0.503 e. The molecule has 1 aliphatic carbocycles. The van der Waals surface area contributed by atoms with E-state index in [1.54, 1.807) is 6.07 Å². The first-order valence-electron chi connectivity index (χ1n) is 9.74. The van der Waals surface area contributed by atoms with Gasteiger partial charge in [0.25, 0.3) is 11.3 Å². The Labute approximate surface area is 176 Å². The zero-order valence-corrected chi connectivity index (χ0v) is 16.8. The van der Waals surface area contributed by atoms with Crippen LogP contribution in [0.2, 0.25) is 0 Å². The number of amides is 1. The van der Waals surface area contributed by atoms with Crippen LogP contribution in [0.1, 0.15) is 46.8 Å². The predicted octanol–water partition coefficient (Wildman–Crippen LogP) is 3.78. The van der Waals surface area contributed by atoms with E-state index in [1.807, 2.05) is 18.2 Å². The third kappa shape index (κ3) is 5.42. The second-order valence-electron chi connectivity index (χ2n) is 7.28. The Hall–Kier alpha value is -3.36. The van der Waals surface area contributed by atoms with E-state index < -0.39 is 40.4 Å². The average molecular weight is 433 g/mol. The van der Waals surface area contributed by atoms with E-state index in [4.69, 9.17) is 0 Å². The molecule has 0 aliphatic heterocycles. The van der Waals surface area contributed by atoms with E-state index in [2.05, 4.69) is 10.4 Å². The van der Waals surface area contributed by atoms with E-state index in [0.29, 0.717) is 12.0 Å². The summed E-state index contributed by atoms with van der Waals surface area (Å²) < 4.78 is 40.9. The Bertz CT molecular complexity index is 1090. The summed E-state index contributed by atoms with van der Waals surface area (Å²) in [5, 5.41) is 16.2. The van der Waals surface area contributed by atoms with E-state index >= 15 is 0 Å². The van der Waals surface area contributed by atoms with Crippen LogP contribution in [0, 0.1) is 0 Å². The zero-order chi connectivity index (χ0) is 22.6.